The molecular formula is C24H24F2N6O2. The molecule has 2 fully saturated rings. The number of fused-ring (bicyclic) bond motifs is 1. The van der Waals surface area contributed by atoms with E-state index in [9.17, 15) is 8.78 Å². The van der Waals surface area contributed by atoms with Crippen molar-refractivity contribution >= 4 is 11.2 Å². The topological polar surface area (TPSA) is 99.7 Å². The zero-order valence-corrected chi connectivity index (χ0v) is 19.0. The van der Waals surface area contributed by atoms with Gasteiger partial charge >= 0.3 is 0 Å². The molecule has 1 aliphatic carbocycles. The van der Waals surface area contributed by atoms with Gasteiger partial charge in [0.15, 0.2) is 12.0 Å². The molecule has 0 N–H and O–H groups in total. The molecule has 34 heavy (non-hydrogen) atoms. The third-order valence-electron chi connectivity index (χ3n) is 6.04. The maximum Gasteiger partial charge on any atom is 0.229 e. The first-order valence-electron chi connectivity index (χ1n) is 11.3. The van der Waals surface area contributed by atoms with Crippen LogP contribution in [0.15, 0.2) is 29.0 Å². The van der Waals surface area contributed by atoms with Crippen molar-refractivity contribution in [2.45, 2.75) is 51.4 Å². The lowest BCUT2D eigenvalue weighted by atomic mass is 9.99. The summed E-state index contributed by atoms with van der Waals surface area (Å²) >= 11 is 0. The van der Waals surface area contributed by atoms with Crippen molar-refractivity contribution in [3.05, 3.63) is 59.3 Å². The van der Waals surface area contributed by atoms with Crippen LogP contribution in [0.4, 0.5) is 8.78 Å². The summed E-state index contributed by atoms with van der Waals surface area (Å²) < 4.78 is 38.0. The summed E-state index contributed by atoms with van der Waals surface area (Å²) in [5, 5.41) is 3.50. The van der Waals surface area contributed by atoms with Crippen LogP contribution in [0.1, 0.15) is 60.6 Å². The molecule has 8 nitrogen and oxygen atoms in total. The fourth-order valence-electron chi connectivity index (χ4n) is 3.83. The maximum absolute atomic E-state index is 14.4. The van der Waals surface area contributed by atoms with Gasteiger partial charge < -0.3 is 9.26 Å². The molecule has 176 valence electrons. The highest BCUT2D eigenvalue weighted by atomic mass is 19.1. The number of nitrogens with zero attached hydrogens (tertiary/aromatic N) is 6. The van der Waals surface area contributed by atoms with Gasteiger partial charge in [-0.15, -0.1) is 0 Å². The molecule has 0 unspecified atom stereocenters. The molecule has 1 aliphatic heterocycles. The first-order chi connectivity index (χ1) is 16.5. The highest BCUT2D eigenvalue weighted by molar-refractivity contribution is 5.87. The number of aryl methyl sites for hydroxylation is 2. The van der Waals surface area contributed by atoms with Gasteiger partial charge in [0.1, 0.15) is 28.7 Å². The summed E-state index contributed by atoms with van der Waals surface area (Å²) in [4.78, 5) is 22.2. The standard InChI is InChI=1S/C19H18F2N4O.C5H6N2O/c1-10-11(2)23-19-17(22-10)16(14-4-3-13(20)9-15(14)21)24-18(25-19)12-5-7-26-8-6-12;1-2-4(1)5-6-3-7-8-5/h3-4,9,12H,5-8H2,1-2H3;3-4H,1-2H2. The minimum Gasteiger partial charge on any atom is -0.381 e. The zero-order valence-electron chi connectivity index (χ0n) is 19.0. The van der Waals surface area contributed by atoms with E-state index in [2.05, 4.69) is 30.1 Å². The normalized spacial score (nSPS) is 16.4. The number of hydrogen-bond donors (Lipinski definition) is 0. The highest BCUT2D eigenvalue weighted by Crippen LogP contribution is 2.38. The van der Waals surface area contributed by atoms with Crippen molar-refractivity contribution in [1.82, 2.24) is 30.1 Å². The molecule has 4 aromatic rings. The Hall–Kier alpha value is -3.40. The number of rotatable bonds is 3. The van der Waals surface area contributed by atoms with E-state index in [4.69, 9.17) is 9.26 Å². The van der Waals surface area contributed by atoms with Crippen LogP contribution in [0.5, 0.6) is 0 Å². The molecule has 6 rings (SSSR count). The van der Waals surface area contributed by atoms with Gasteiger partial charge in [-0.3, -0.25) is 0 Å². The van der Waals surface area contributed by atoms with Gasteiger partial charge in [0.05, 0.1) is 11.4 Å². The Morgan fingerprint density at radius 3 is 2.32 bits per heavy atom. The zero-order chi connectivity index (χ0) is 23.7. The van der Waals surface area contributed by atoms with Crippen molar-refractivity contribution in [2.24, 2.45) is 0 Å². The summed E-state index contributed by atoms with van der Waals surface area (Å²) in [6.45, 7) is 4.98. The average Bonchev–Trinajstić information content (AvgIpc) is 3.54. The first-order valence-corrected chi connectivity index (χ1v) is 11.3. The van der Waals surface area contributed by atoms with Crippen LogP contribution in [0.3, 0.4) is 0 Å². The van der Waals surface area contributed by atoms with Gasteiger partial charge in [-0.05, 0) is 51.7 Å². The molecule has 1 saturated carbocycles. The third-order valence-corrected chi connectivity index (χ3v) is 6.04. The summed E-state index contributed by atoms with van der Waals surface area (Å²) in [5.41, 5.74) is 2.90. The minimum atomic E-state index is -0.678. The average molecular weight is 466 g/mol. The van der Waals surface area contributed by atoms with Crippen LogP contribution >= 0.6 is 0 Å². The smallest absolute Gasteiger partial charge is 0.229 e. The number of benzene rings is 1. The molecule has 4 heterocycles. The van der Waals surface area contributed by atoms with E-state index in [0.29, 0.717) is 41.8 Å². The predicted molar refractivity (Wildman–Crippen MR) is 119 cm³/mol. The molecule has 0 radical (unpaired) electrons. The van der Waals surface area contributed by atoms with Crippen LogP contribution in [-0.4, -0.2) is 43.3 Å². The Morgan fingerprint density at radius 2 is 1.65 bits per heavy atom. The van der Waals surface area contributed by atoms with Gasteiger partial charge in [0.25, 0.3) is 0 Å². The van der Waals surface area contributed by atoms with Crippen LogP contribution in [0.2, 0.25) is 0 Å². The van der Waals surface area contributed by atoms with E-state index in [0.717, 1.165) is 36.2 Å². The molecule has 1 aromatic carbocycles. The summed E-state index contributed by atoms with van der Waals surface area (Å²) in [7, 11) is 0. The maximum atomic E-state index is 14.4. The number of hydrogen-bond acceptors (Lipinski definition) is 8. The van der Waals surface area contributed by atoms with Crippen molar-refractivity contribution in [2.75, 3.05) is 13.2 Å². The molecule has 0 atom stereocenters. The molecule has 1 saturated heterocycles. The van der Waals surface area contributed by atoms with Crippen LogP contribution < -0.4 is 0 Å². The van der Waals surface area contributed by atoms with Crippen molar-refractivity contribution in [3.63, 3.8) is 0 Å². The van der Waals surface area contributed by atoms with E-state index in [1.165, 1.54) is 31.3 Å². The fraction of sp³-hybridized carbons (Fsp3) is 0.417. The van der Waals surface area contributed by atoms with Gasteiger partial charge in [0, 0.05) is 36.7 Å². The lowest BCUT2D eigenvalue weighted by molar-refractivity contribution is 0.0836. The second-order valence-electron chi connectivity index (χ2n) is 8.56. The SMILES string of the molecule is Cc1nc2nc(C3CCOCC3)nc(-c3ccc(F)cc3F)c2nc1C.c1noc(C2CC2)n1. The first kappa shape index (κ1) is 22.4. The lowest BCUT2D eigenvalue weighted by Gasteiger charge is -2.21. The van der Waals surface area contributed by atoms with E-state index < -0.39 is 11.6 Å². The third kappa shape index (κ3) is 4.77. The highest BCUT2D eigenvalue weighted by Gasteiger charge is 2.28. The number of halogens is 2. The van der Waals surface area contributed by atoms with E-state index in [1.54, 1.807) is 0 Å². The Kier molecular flexibility index (Phi) is 6.23. The van der Waals surface area contributed by atoms with Gasteiger partial charge in [-0.2, -0.15) is 4.98 Å². The summed E-state index contributed by atoms with van der Waals surface area (Å²) in [6.07, 6.45) is 5.50. The number of aromatic nitrogens is 6. The van der Waals surface area contributed by atoms with Crippen molar-refractivity contribution in [3.8, 4) is 11.3 Å². The molecule has 0 bridgehead atoms. The van der Waals surface area contributed by atoms with E-state index in [-0.39, 0.29) is 11.5 Å². The fourth-order valence-corrected chi connectivity index (χ4v) is 3.83. The monoisotopic (exact) mass is 466 g/mol. The van der Waals surface area contributed by atoms with E-state index in [1.807, 2.05) is 13.8 Å². The molecule has 0 amide bonds. The molecule has 0 spiro atoms. The number of ether oxygens (including phenoxy) is 1. The van der Waals surface area contributed by atoms with Crippen LogP contribution in [0, 0.1) is 25.5 Å². The van der Waals surface area contributed by atoms with Crippen LogP contribution in [0.25, 0.3) is 22.4 Å². The molecule has 2 aliphatic rings. The van der Waals surface area contributed by atoms with Crippen LogP contribution in [-0.2, 0) is 4.74 Å². The predicted octanol–water partition coefficient (Wildman–Crippen LogP) is 4.82. The molecule has 10 heteroatoms. The summed E-state index contributed by atoms with van der Waals surface area (Å²) in [6, 6.07) is 3.46. The Morgan fingerprint density at radius 1 is 0.882 bits per heavy atom. The minimum absolute atomic E-state index is 0.124. The summed E-state index contributed by atoms with van der Waals surface area (Å²) in [5.74, 6) is 0.828. The quantitative estimate of drug-likeness (QED) is 0.424. The van der Waals surface area contributed by atoms with Crippen molar-refractivity contribution in [1.29, 1.82) is 0 Å². The second kappa shape index (κ2) is 9.46. The Balaban J connectivity index is 0.000000252. The van der Waals surface area contributed by atoms with E-state index >= 15 is 0 Å². The lowest BCUT2D eigenvalue weighted by Crippen LogP contribution is -2.17. The Labute approximate surface area is 194 Å². The van der Waals surface area contributed by atoms with Gasteiger partial charge in [-0.1, -0.05) is 5.16 Å². The molecule has 3 aromatic heterocycles. The van der Waals surface area contributed by atoms with Gasteiger partial charge in [-0.25, -0.2) is 28.7 Å². The Bertz CT molecular complexity index is 1300. The largest absolute Gasteiger partial charge is 0.381 e. The molecular weight excluding hydrogens is 442 g/mol. The van der Waals surface area contributed by atoms with Gasteiger partial charge in [0.2, 0.25) is 5.89 Å². The second-order valence-corrected chi connectivity index (χ2v) is 8.56. The van der Waals surface area contributed by atoms with Crippen molar-refractivity contribution < 1.29 is 18.0 Å².